The largest absolute Gasteiger partial charge is 0.494 e. The molecule has 0 aliphatic rings. The number of benzene rings is 3. The Morgan fingerprint density at radius 1 is 0.952 bits per heavy atom. The van der Waals surface area contributed by atoms with Gasteiger partial charge in [-0.3, -0.25) is 4.79 Å². The third kappa shape index (κ3) is 7.63. The topological polar surface area (TPSA) is 115 Å². The van der Waals surface area contributed by atoms with E-state index < -0.39 is 5.97 Å². The molecule has 0 saturated carbocycles. The zero-order valence-electron chi connectivity index (χ0n) is 23.7. The number of hydrogen-bond acceptors (Lipinski definition) is 6. The Morgan fingerprint density at radius 3 is 2.52 bits per heavy atom. The van der Waals surface area contributed by atoms with Gasteiger partial charge >= 0.3 is 5.97 Å². The van der Waals surface area contributed by atoms with Crippen LogP contribution in [0.3, 0.4) is 0 Å². The summed E-state index contributed by atoms with van der Waals surface area (Å²) < 4.78 is 13.9. The lowest BCUT2D eigenvalue weighted by molar-refractivity contribution is -0.137. The summed E-state index contributed by atoms with van der Waals surface area (Å²) in [5.74, 6) is 1.67. The van der Waals surface area contributed by atoms with Crippen LogP contribution >= 0.6 is 0 Å². The van der Waals surface area contributed by atoms with Crippen molar-refractivity contribution in [3.05, 3.63) is 101 Å². The number of carbonyl (C=O) groups is 1. The molecule has 0 unspecified atom stereocenters. The lowest BCUT2D eigenvalue weighted by Crippen LogP contribution is -2.03. The molecule has 9 heteroatoms. The highest BCUT2D eigenvalue weighted by Crippen LogP contribution is 2.29. The molecule has 2 heterocycles. The predicted octanol–water partition coefficient (Wildman–Crippen LogP) is 6.33. The molecule has 0 atom stereocenters. The molecule has 0 amide bonds. The number of aromatic nitrogens is 5. The van der Waals surface area contributed by atoms with Gasteiger partial charge in [0.2, 0.25) is 0 Å². The minimum Gasteiger partial charge on any atom is -0.494 e. The van der Waals surface area contributed by atoms with Crippen LogP contribution < -0.4 is 9.47 Å². The lowest BCUT2D eigenvalue weighted by atomic mass is 10.0. The Bertz CT molecular complexity index is 1620. The highest BCUT2D eigenvalue weighted by Gasteiger charge is 2.14. The number of carboxylic acids is 1. The number of para-hydroxylation sites is 1. The van der Waals surface area contributed by atoms with Gasteiger partial charge in [0.25, 0.3) is 0 Å². The summed E-state index contributed by atoms with van der Waals surface area (Å²) in [7, 11) is 0. The molecule has 0 fully saturated rings. The molecule has 5 rings (SSSR count). The summed E-state index contributed by atoms with van der Waals surface area (Å²) in [6.45, 7) is 3.98. The number of hydrogen-bond donors (Lipinski definition) is 2. The number of aryl methyl sites for hydroxylation is 2. The Balaban J connectivity index is 1.20. The third-order valence-corrected chi connectivity index (χ3v) is 7.05. The Labute approximate surface area is 244 Å². The van der Waals surface area contributed by atoms with Crippen LogP contribution in [0.5, 0.6) is 11.5 Å². The number of rotatable bonds is 15. The number of aliphatic carboxylic acids is 1. The molecule has 2 aromatic heterocycles. The lowest BCUT2D eigenvalue weighted by Gasteiger charge is -2.09. The Hall–Kier alpha value is -4.92. The van der Waals surface area contributed by atoms with Crippen LogP contribution in [-0.2, 0) is 17.8 Å². The van der Waals surface area contributed by atoms with Crippen molar-refractivity contribution >= 4 is 29.0 Å². The van der Waals surface area contributed by atoms with E-state index in [2.05, 4.69) is 68.7 Å². The number of ether oxygens (including phenoxy) is 2. The van der Waals surface area contributed by atoms with Crippen LogP contribution in [0.4, 0.5) is 0 Å². The summed E-state index contributed by atoms with van der Waals surface area (Å²) in [6, 6.07) is 22.3. The SMILES string of the molecule is Cc1ccccc1OCCCCOc1ccc(C=Cc2cccc3c2c(Cc2nnn[nH]2)cn3CCCC(=O)O)cc1. The summed E-state index contributed by atoms with van der Waals surface area (Å²) >= 11 is 0. The highest BCUT2D eigenvalue weighted by atomic mass is 16.5. The second-order valence-corrected chi connectivity index (χ2v) is 10.2. The van der Waals surface area contributed by atoms with Crippen LogP contribution in [0, 0.1) is 6.92 Å². The monoisotopic (exact) mass is 565 g/mol. The molecule has 42 heavy (non-hydrogen) atoms. The average Bonchev–Trinajstić information content (AvgIpc) is 3.63. The fourth-order valence-electron chi connectivity index (χ4n) is 4.92. The molecule has 9 nitrogen and oxygen atoms in total. The third-order valence-electron chi connectivity index (χ3n) is 7.05. The summed E-state index contributed by atoms with van der Waals surface area (Å²) in [5.41, 5.74) is 5.41. The van der Waals surface area contributed by atoms with Gasteiger partial charge in [0, 0.05) is 36.5 Å². The standard InChI is InChI=1S/C33H35N5O4/c1-24-8-2-3-11-30(24)42-21-5-4-20-41-28-17-14-25(15-18-28)13-16-26-9-6-10-29-33(26)27(22-31-34-36-37-35-31)23-38(29)19-7-12-32(39)40/h2-3,6,8-11,13-18,23H,4-5,7,12,19-22H2,1H3,(H,39,40)(H,34,35,36,37). The number of H-pyrrole nitrogens is 1. The van der Waals surface area contributed by atoms with E-state index in [0.717, 1.165) is 57.5 Å². The van der Waals surface area contributed by atoms with Gasteiger partial charge < -0.3 is 19.1 Å². The van der Waals surface area contributed by atoms with E-state index >= 15 is 0 Å². The molecular weight excluding hydrogens is 530 g/mol. The van der Waals surface area contributed by atoms with E-state index in [4.69, 9.17) is 14.6 Å². The molecule has 3 aromatic carbocycles. The average molecular weight is 566 g/mol. The maximum absolute atomic E-state index is 11.1. The van der Waals surface area contributed by atoms with Crippen molar-refractivity contribution in [2.45, 2.75) is 45.6 Å². The van der Waals surface area contributed by atoms with Gasteiger partial charge in [0.05, 0.1) is 13.2 Å². The van der Waals surface area contributed by atoms with E-state index in [1.165, 1.54) is 0 Å². The number of fused-ring (bicyclic) bond motifs is 1. The first-order chi connectivity index (χ1) is 20.6. The van der Waals surface area contributed by atoms with E-state index in [-0.39, 0.29) is 6.42 Å². The van der Waals surface area contributed by atoms with Crippen molar-refractivity contribution in [2.75, 3.05) is 13.2 Å². The van der Waals surface area contributed by atoms with Crippen LogP contribution in [-0.4, -0.2) is 49.5 Å². The van der Waals surface area contributed by atoms with Gasteiger partial charge in [0.15, 0.2) is 5.82 Å². The van der Waals surface area contributed by atoms with Crippen molar-refractivity contribution < 1.29 is 19.4 Å². The zero-order valence-corrected chi connectivity index (χ0v) is 23.7. The molecule has 0 aliphatic carbocycles. The Morgan fingerprint density at radius 2 is 1.76 bits per heavy atom. The summed E-state index contributed by atoms with van der Waals surface area (Å²) in [4.78, 5) is 11.1. The van der Waals surface area contributed by atoms with Gasteiger partial charge in [-0.05, 0) is 83.1 Å². The molecule has 5 aromatic rings. The van der Waals surface area contributed by atoms with Crippen LogP contribution in [0.1, 0.15) is 53.8 Å². The van der Waals surface area contributed by atoms with E-state index in [9.17, 15) is 4.79 Å². The highest BCUT2D eigenvalue weighted by molar-refractivity contribution is 5.94. The first-order valence-electron chi connectivity index (χ1n) is 14.2. The molecular formula is C33H35N5O4. The number of nitrogens with zero attached hydrogens (tertiary/aromatic N) is 4. The number of unbranched alkanes of at least 4 members (excludes halogenated alkanes) is 1. The predicted molar refractivity (Wildman–Crippen MR) is 163 cm³/mol. The van der Waals surface area contributed by atoms with Gasteiger partial charge in [-0.25, -0.2) is 5.10 Å². The summed E-state index contributed by atoms with van der Waals surface area (Å²) in [6.07, 6.45) is 9.34. The quantitative estimate of drug-likeness (QED) is 0.113. The van der Waals surface area contributed by atoms with Gasteiger partial charge in [0.1, 0.15) is 11.5 Å². The van der Waals surface area contributed by atoms with Gasteiger partial charge in [-0.15, -0.1) is 5.10 Å². The van der Waals surface area contributed by atoms with Gasteiger partial charge in [-0.2, -0.15) is 0 Å². The smallest absolute Gasteiger partial charge is 0.303 e. The molecule has 0 radical (unpaired) electrons. The molecule has 0 bridgehead atoms. The van der Waals surface area contributed by atoms with E-state index in [1.807, 2.05) is 48.5 Å². The maximum atomic E-state index is 11.1. The van der Waals surface area contributed by atoms with Crippen molar-refractivity contribution in [3.63, 3.8) is 0 Å². The fourth-order valence-corrected chi connectivity index (χ4v) is 4.92. The second-order valence-electron chi connectivity index (χ2n) is 10.2. The minimum atomic E-state index is -0.789. The summed E-state index contributed by atoms with van der Waals surface area (Å²) in [5, 5.41) is 24.5. The maximum Gasteiger partial charge on any atom is 0.303 e. The number of nitrogens with one attached hydrogen (secondary N) is 1. The fraction of sp³-hybridized carbons (Fsp3) is 0.273. The van der Waals surface area contributed by atoms with Crippen molar-refractivity contribution in [1.29, 1.82) is 0 Å². The van der Waals surface area contributed by atoms with Crippen molar-refractivity contribution in [2.24, 2.45) is 0 Å². The van der Waals surface area contributed by atoms with Crippen molar-refractivity contribution in [1.82, 2.24) is 25.2 Å². The minimum absolute atomic E-state index is 0.128. The first-order valence-corrected chi connectivity index (χ1v) is 14.2. The zero-order chi connectivity index (χ0) is 29.1. The molecule has 2 N–H and O–H groups in total. The number of tetrazole rings is 1. The number of aromatic amines is 1. The van der Waals surface area contributed by atoms with Crippen LogP contribution in [0.25, 0.3) is 23.1 Å². The molecule has 0 spiro atoms. The van der Waals surface area contributed by atoms with E-state index in [1.54, 1.807) is 0 Å². The van der Waals surface area contributed by atoms with Crippen LogP contribution in [0.15, 0.2) is 72.9 Å². The molecule has 0 aliphatic heterocycles. The van der Waals surface area contributed by atoms with Crippen LogP contribution in [0.2, 0.25) is 0 Å². The van der Waals surface area contributed by atoms with E-state index in [0.29, 0.717) is 38.4 Å². The molecule has 0 saturated heterocycles. The normalized spacial score (nSPS) is 11.4. The first kappa shape index (κ1) is 28.6. The molecule has 216 valence electrons. The number of carboxylic acid groups (broad SMARTS) is 1. The van der Waals surface area contributed by atoms with Crippen molar-refractivity contribution in [3.8, 4) is 11.5 Å². The Kier molecular flexibility index (Phi) is 9.61. The second kappa shape index (κ2) is 14.1. The van der Waals surface area contributed by atoms with Gasteiger partial charge in [-0.1, -0.05) is 54.6 Å².